The number of carbonyl (C=O) groups is 1. The van der Waals surface area contributed by atoms with Crippen molar-refractivity contribution in [3.05, 3.63) is 72.0 Å². The fourth-order valence-corrected chi connectivity index (χ4v) is 3.59. The highest BCUT2D eigenvalue weighted by atomic mass is 32.1. The SMILES string of the molecule is C=CCOc1ccccc1[C@H]1NC(=S)NC(C)=C1C(=O)Nc1ccc(OC)cc1OC. The van der Waals surface area contributed by atoms with Gasteiger partial charge in [-0.25, -0.2) is 0 Å². The first-order chi connectivity index (χ1) is 15.0. The van der Waals surface area contributed by atoms with Crippen molar-refractivity contribution >= 4 is 28.9 Å². The summed E-state index contributed by atoms with van der Waals surface area (Å²) in [6.07, 6.45) is 1.67. The van der Waals surface area contributed by atoms with Gasteiger partial charge in [0.15, 0.2) is 5.11 Å². The van der Waals surface area contributed by atoms with E-state index in [1.807, 2.05) is 31.2 Å². The molecule has 0 radical (unpaired) electrons. The molecule has 2 aromatic rings. The molecule has 31 heavy (non-hydrogen) atoms. The van der Waals surface area contributed by atoms with Crippen molar-refractivity contribution in [2.24, 2.45) is 0 Å². The molecule has 0 aliphatic carbocycles. The Hall–Kier alpha value is -3.52. The minimum absolute atomic E-state index is 0.299. The van der Waals surface area contributed by atoms with Crippen LogP contribution in [0.15, 0.2) is 66.4 Å². The zero-order valence-corrected chi connectivity index (χ0v) is 18.5. The van der Waals surface area contributed by atoms with E-state index in [0.717, 1.165) is 5.56 Å². The second-order valence-corrected chi connectivity index (χ2v) is 7.14. The van der Waals surface area contributed by atoms with Gasteiger partial charge in [-0.3, -0.25) is 4.79 Å². The molecule has 3 N–H and O–H groups in total. The Morgan fingerprint density at radius 3 is 2.68 bits per heavy atom. The van der Waals surface area contributed by atoms with Crippen LogP contribution in [0.1, 0.15) is 18.5 Å². The molecule has 0 saturated heterocycles. The Morgan fingerprint density at radius 1 is 1.19 bits per heavy atom. The highest BCUT2D eigenvalue weighted by Gasteiger charge is 2.32. The molecular weight excluding hydrogens is 414 g/mol. The van der Waals surface area contributed by atoms with Crippen LogP contribution in [-0.4, -0.2) is 31.8 Å². The Kier molecular flexibility index (Phi) is 7.15. The second kappa shape index (κ2) is 9.99. The average molecular weight is 440 g/mol. The second-order valence-electron chi connectivity index (χ2n) is 6.73. The molecule has 1 atom stereocenters. The number of carbonyl (C=O) groups excluding carboxylic acids is 1. The first-order valence-corrected chi connectivity index (χ1v) is 10.0. The van der Waals surface area contributed by atoms with Crippen molar-refractivity contribution in [3.8, 4) is 17.2 Å². The summed E-state index contributed by atoms with van der Waals surface area (Å²) in [7, 11) is 3.10. The van der Waals surface area contributed by atoms with Crippen LogP contribution in [0.25, 0.3) is 0 Å². The molecule has 3 rings (SSSR count). The average Bonchev–Trinajstić information content (AvgIpc) is 2.77. The standard InChI is InChI=1S/C23H25N3O4S/c1-5-12-30-18-9-7-6-8-16(18)21-20(14(2)24-23(31)26-21)22(27)25-17-11-10-15(28-3)13-19(17)29-4/h5-11,13,21H,1,12H2,2-4H3,(H,25,27)(H2,24,26,31)/t21-/m1/s1. The Bertz CT molecular complexity index is 1040. The number of benzene rings is 2. The number of rotatable bonds is 8. The van der Waals surface area contributed by atoms with Crippen LogP contribution in [0.3, 0.4) is 0 Å². The van der Waals surface area contributed by atoms with E-state index in [1.54, 1.807) is 31.4 Å². The molecule has 0 bridgehead atoms. The van der Waals surface area contributed by atoms with Crippen LogP contribution in [0, 0.1) is 0 Å². The van der Waals surface area contributed by atoms with E-state index in [2.05, 4.69) is 22.5 Å². The largest absolute Gasteiger partial charge is 0.497 e. The number of allylic oxidation sites excluding steroid dienone is 1. The number of methoxy groups -OCH3 is 2. The van der Waals surface area contributed by atoms with Gasteiger partial charge in [-0.05, 0) is 37.3 Å². The van der Waals surface area contributed by atoms with E-state index < -0.39 is 6.04 Å². The van der Waals surface area contributed by atoms with E-state index in [1.165, 1.54) is 7.11 Å². The minimum atomic E-state index is -0.501. The summed E-state index contributed by atoms with van der Waals surface area (Å²) in [6, 6.07) is 12.2. The molecule has 0 saturated carbocycles. The van der Waals surface area contributed by atoms with Crippen LogP contribution in [-0.2, 0) is 4.79 Å². The van der Waals surface area contributed by atoms with Crippen LogP contribution < -0.4 is 30.2 Å². The molecule has 8 heteroatoms. The van der Waals surface area contributed by atoms with Crippen LogP contribution in [0.4, 0.5) is 5.69 Å². The lowest BCUT2D eigenvalue weighted by Gasteiger charge is -2.31. The van der Waals surface area contributed by atoms with E-state index in [-0.39, 0.29) is 5.91 Å². The normalized spacial score (nSPS) is 15.5. The summed E-state index contributed by atoms with van der Waals surface area (Å²) in [4.78, 5) is 13.4. The number of nitrogens with one attached hydrogen (secondary N) is 3. The number of anilines is 1. The summed E-state index contributed by atoms with van der Waals surface area (Å²) in [6.45, 7) is 5.86. The number of hydrogen-bond donors (Lipinski definition) is 3. The van der Waals surface area contributed by atoms with Crippen molar-refractivity contribution in [2.75, 3.05) is 26.1 Å². The van der Waals surface area contributed by atoms with Gasteiger partial charge in [0.2, 0.25) is 0 Å². The van der Waals surface area contributed by atoms with Crippen molar-refractivity contribution in [1.82, 2.24) is 10.6 Å². The van der Waals surface area contributed by atoms with E-state index in [4.69, 9.17) is 26.4 Å². The Balaban J connectivity index is 1.98. The summed E-state index contributed by atoms with van der Waals surface area (Å²) >= 11 is 5.35. The van der Waals surface area contributed by atoms with Crippen LogP contribution in [0.2, 0.25) is 0 Å². The monoisotopic (exact) mass is 439 g/mol. The van der Waals surface area contributed by atoms with Crippen LogP contribution in [0.5, 0.6) is 17.2 Å². The van der Waals surface area contributed by atoms with Gasteiger partial charge in [-0.1, -0.05) is 30.9 Å². The molecule has 1 aliphatic heterocycles. The lowest BCUT2D eigenvalue weighted by atomic mass is 9.94. The van der Waals surface area contributed by atoms with Gasteiger partial charge in [0.25, 0.3) is 5.91 Å². The Morgan fingerprint density at radius 2 is 1.97 bits per heavy atom. The number of ether oxygens (including phenoxy) is 3. The number of thiocarbonyl (C=S) groups is 1. The van der Waals surface area contributed by atoms with Gasteiger partial charge in [-0.2, -0.15) is 0 Å². The number of amides is 1. The molecule has 1 amide bonds. The third-order valence-corrected chi connectivity index (χ3v) is 4.98. The maximum atomic E-state index is 13.4. The molecule has 0 aromatic heterocycles. The summed E-state index contributed by atoms with van der Waals surface area (Å²) in [5.74, 6) is 1.46. The molecule has 0 unspecified atom stereocenters. The van der Waals surface area contributed by atoms with Gasteiger partial charge in [0.1, 0.15) is 23.9 Å². The predicted molar refractivity (Wildman–Crippen MR) is 125 cm³/mol. The van der Waals surface area contributed by atoms with Crippen molar-refractivity contribution in [1.29, 1.82) is 0 Å². The predicted octanol–water partition coefficient (Wildman–Crippen LogP) is 3.70. The van der Waals surface area contributed by atoms with Crippen molar-refractivity contribution in [3.63, 3.8) is 0 Å². The highest BCUT2D eigenvalue weighted by molar-refractivity contribution is 7.80. The van der Waals surface area contributed by atoms with Gasteiger partial charge in [0, 0.05) is 17.3 Å². The molecule has 0 fully saturated rings. The Labute approximate surface area is 187 Å². The third kappa shape index (κ3) is 4.97. The minimum Gasteiger partial charge on any atom is -0.497 e. The lowest BCUT2D eigenvalue weighted by Crippen LogP contribution is -2.45. The van der Waals surface area contributed by atoms with Crippen LogP contribution >= 0.6 is 12.2 Å². The maximum absolute atomic E-state index is 13.4. The zero-order chi connectivity index (χ0) is 22.4. The molecule has 1 heterocycles. The van der Waals surface area contributed by atoms with E-state index in [9.17, 15) is 4.79 Å². The van der Waals surface area contributed by atoms with Gasteiger partial charge in [0.05, 0.1) is 31.5 Å². The molecular formula is C23H25N3O4S. The maximum Gasteiger partial charge on any atom is 0.255 e. The van der Waals surface area contributed by atoms with Gasteiger partial charge in [-0.15, -0.1) is 0 Å². The molecule has 2 aromatic carbocycles. The smallest absolute Gasteiger partial charge is 0.255 e. The summed E-state index contributed by atoms with van der Waals surface area (Å²) in [5.41, 5.74) is 2.45. The number of para-hydroxylation sites is 1. The molecule has 0 spiro atoms. The molecule has 162 valence electrons. The van der Waals surface area contributed by atoms with Crippen molar-refractivity contribution < 1.29 is 19.0 Å². The highest BCUT2D eigenvalue weighted by Crippen LogP contribution is 2.35. The topological polar surface area (TPSA) is 80.9 Å². The van der Waals surface area contributed by atoms with Gasteiger partial charge < -0.3 is 30.2 Å². The number of hydrogen-bond acceptors (Lipinski definition) is 5. The molecule has 7 nitrogen and oxygen atoms in total. The van der Waals surface area contributed by atoms with Gasteiger partial charge >= 0.3 is 0 Å². The third-order valence-electron chi connectivity index (χ3n) is 4.76. The van der Waals surface area contributed by atoms with E-state index >= 15 is 0 Å². The van der Waals surface area contributed by atoms with E-state index in [0.29, 0.717) is 45.9 Å². The summed E-state index contributed by atoms with van der Waals surface area (Å²) in [5, 5.41) is 9.59. The lowest BCUT2D eigenvalue weighted by molar-refractivity contribution is -0.113. The fraction of sp³-hybridized carbons (Fsp3) is 0.217. The zero-order valence-electron chi connectivity index (χ0n) is 17.7. The fourth-order valence-electron chi connectivity index (χ4n) is 3.32. The summed E-state index contributed by atoms with van der Waals surface area (Å²) < 4.78 is 16.4. The molecule has 1 aliphatic rings. The first-order valence-electron chi connectivity index (χ1n) is 9.62. The van der Waals surface area contributed by atoms with Crippen molar-refractivity contribution in [2.45, 2.75) is 13.0 Å². The quantitative estimate of drug-likeness (QED) is 0.427. The first kappa shape index (κ1) is 22.2.